The van der Waals surface area contributed by atoms with Crippen molar-refractivity contribution in [3.63, 3.8) is 0 Å². The fourth-order valence-electron chi connectivity index (χ4n) is 5.48. The molecule has 0 spiro atoms. The Hall–Kier alpha value is -3.78. The average molecular weight is 569 g/mol. The largest absolute Gasteiger partial charge is 0.440 e. The van der Waals surface area contributed by atoms with Crippen LogP contribution in [-0.2, 0) is 14.6 Å². The first kappa shape index (κ1) is 27.8. The van der Waals surface area contributed by atoms with Gasteiger partial charge < -0.3 is 14.6 Å². The third-order valence-corrected chi connectivity index (χ3v) is 9.27. The summed E-state index contributed by atoms with van der Waals surface area (Å²) in [7, 11) is -3.01. The van der Waals surface area contributed by atoms with Crippen molar-refractivity contribution >= 4 is 21.4 Å². The molecule has 2 aliphatic rings. The second-order valence-electron chi connectivity index (χ2n) is 10.4. The van der Waals surface area contributed by atoms with Gasteiger partial charge in [-0.1, -0.05) is 25.0 Å². The molecule has 210 valence electrons. The second-order valence-corrected chi connectivity index (χ2v) is 12.7. The third-order valence-electron chi connectivity index (χ3n) is 7.66. The molecule has 3 aromatic rings. The Morgan fingerprint density at radius 3 is 2.50 bits per heavy atom. The van der Waals surface area contributed by atoms with Crippen LogP contribution in [0.3, 0.4) is 0 Å². The Morgan fingerprint density at radius 1 is 1.12 bits per heavy atom. The molecule has 3 atom stereocenters. The van der Waals surface area contributed by atoms with E-state index in [1.54, 1.807) is 6.92 Å². The van der Waals surface area contributed by atoms with E-state index in [2.05, 4.69) is 10.3 Å². The normalized spacial score (nSPS) is 21.4. The number of hydrogen-bond donors (Lipinski definition) is 1. The molecule has 1 aliphatic carbocycles. The van der Waals surface area contributed by atoms with Gasteiger partial charge >= 0.3 is 0 Å². The molecule has 2 fully saturated rings. The van der Waals surface area contributed by atoms with Gasteiger partial charge in [0, 0.05) is 42.2 Å². The molecule has 1 saturated carbocycles. The van der Waals surface area contributed by atoms with Gasteiger partial charge in [-0.3, -0.25) is 4.79 Å². The minimum Gasteiger partial charge on any atom is -0.440 e. The Labute approximate surface area is 231 Å². The number of amides is 1. The first-order chi connectivity index (χ1) is 19.1. The van der Waals surface area contributed by atoms with Crippen molar-refractivity contribution < 1.29 is 26.4 Å². The number of nitrogens with zero attached hydrogens (tertiary/aromatic N) is 3. The van der Waals surface area contributed by atoms with Crippen LogP contribution in [0.4, 0.5) is 14.5 Å². The van der Waals surface area contributed by atoms with Gasteiger partial charge in [0.25, 0.3) is 0 Å². The average Bonchev–Trinajstić information content (AvgIpc) is 3.38. The summed E-state index contributed by atoms with van der Waals surface area (Å²) in [6.45, 7) is 2.43. The van der Waals surface area contributed by atoms with E-state index in [0.29, 0.717) is 42.9 Å². The molecule has 11 heteroatoms. The number of carbonyl (C=O) groups excluding carboxylic acids is 1. The van der Waals surface area contributed by atoms with Crippen LogP contribution in [0.25, 0.3) is 22.7 Å². The number of hydrogen-bond acceptors (Lipinski definition) is 7. The van der Waals surface area contributed by atoms with Gasteiger partial charge in [-0.15, -0.1) is 0 Å². The summed E-state index contributed by atoms with van der Waals surface area (Å²) in [5, 5.41) is 11.9. The van der Waals surface area contributed by atoms with Crippen molar-refractivity contribution in [2.45, 2.75) is 44.6 Å². The Balaban J connectivity index is 1.53. The molecule has 1 amide bonds. The summed E-state index contributed by atoms with van der Waals surface area (Å²) in [6.07, 6.45) is 2.96. The van der Waals surface area contributed by atoms with Gasteiger partial charge in [-0.2, -0.15) is 5.26 Å². The second kappa shape index (κ2) is 11.4. The first-order valence-corrected chi connectivity index (χ1v) is 15.2. The van der Waals surface area contributed by atoms with Gasteiger partial charge in [0.1, 0.15) is 29.1 Å². The zero-order valence-electron chi connectivity index (χ0n) is 22.1. The zero-order chi connectivity index (χ0) is 28.4. The number of carbonyl (C=O) groups is 1. The van der Waals surface area contributed by atoms with E-state index in [4.69, 9.17) is 4.42 Å². The van der Waals surface area contributed by atoms with Gasteiger partial charge in [-0.05, 0) is 44.0 Å². The fraction of sp³-hybridized carbons (Fsp3) is 0.414. The molecule has 2 aromatic carbocycles. The Kier molecular flexibility index (Phi) is 7.90. The molecule has 2 heterocycles. The minimum atomic E-state index is -3.01. The van der Waals surface area contributed by atoms with Crippen molar-refractivity contribution in [3.05, 3.63) is 59.9 Å². The van der Waals surface area contributed by atoms with Gasteiger partial charge in [0.05, 0.1) is 23.1 Å². The minimum absolute atomic E-state index is 0.00922. The lowest BCUT2D eigenvalue weighted by Crippen LogP contribution is -2.40. The summed E-state index contributed by atoms with van der Waals surface area (Å²) in [5.41, 5.74) is 2.03. The van der Waals surface area contributed by atoms with Crippen LogP contribution in [-0.4, -0.2) is 49.9 Å². The topological polar surface area (TPSA) is 116 Å². The van der Waals surface area contributed by atoms with E-state index in [9.17, 15) is 27.3 Å². The van der Waals surface area contributed by atoms with E-state index >= 15 is 0 Å². The number of halogens is 2. The Bertz CT molecular complexity index is 1530. The quantitative estimate of drug-likeness (QED) is 0.453. The predicted octanol–water partition coefficient (Wildman–Crippen LogP) is 4.82. The lowest BCUT2D eigenvalue weighted by molar-refractivity contribution is -0.127. The van der Waals surface area contributed by atoms with Crippen molar-refractivity contribution in [2.24, 2.45) is 5.92 Å². The molecular formula is C29H30F2N4O4S. The van der Waals surface area contributed by atoms with Gasteiger partial charge in [0.15, 0.2) is 9.84 Å². The Morgan fingerprint density at radius 2 is 1.82 bits per heavy atom. The standard InChI is InChI=1S/C29H30F2N4O4S/c1-18(17-32)33-28(36)23-5-3-2-4-22(23)27-26(34-29(39-27)24-11-8-20(30)16-25(24)31)19-6-9-21(10-7-19)35-12-14-40(37,38)15-13-35/h6-11,16,18,22-23H,2-5,12-15H2,1H3,(H,33,36)/t18?,22-,23-/m1/s1. The molecule has 40 heavy (non-hydrogen) atoms. The lowest BCUT2D eigenvalue weighted by atomic mass is 9.76. The highest BCUT2D eigenvalue weighted by atomic mass is 32.2. The van der Waals surface area contributed by atoms with Crippen LogP contribution in [0.1, 0.15) is 44.3 Å². The van der Waals surface area contributed by atoms with Crippen LogP contribution in [0.15, 0.2) is 46.9 Å². The zero-order valence-corrected chi connectivity index (χ0v) is 22.9. The molecule has 0 radical (unpaired) electrons. The number of aromatic nitrogens is 1. The fourth-order valence-corrected chi connectivity index (χ4v) is 6.68. The number of nitriles is 1. The maximum Gasteiger partial charge on any atom is 0.229 e. The number of anilines is 1. The van der Waals surface area contributed by atoms with Crippen molar-refractivity contribution in [1.82, 2.24) is 10.3 Å². The maximum absolute atomic E-state index is 14.7. The smallest absolute Gasteiger partial charge is 0.229 e. The SMILES string of the molecule is CC(C#N)NC(=O)[C@@H]1CCCC[C@H]1c1oc(-c2ccc(F)cc2F)nc1-c1ccc(N2CCS(=O)(=O)CC2)cc1. The predicted molar refractivity (Wildman–Crippen MR) is 146 cm³/mol. The number of rotatable bonds is 6. The monoisotopic (exact) mass is 568 g/mol. The van der Waals surface area contributed by atoms with Crippen molar-refractivity contribution in [1.29, 1.82) is 5.26 Å². The molecule has 1 aliphatic heterocycles. The molecule has 1 unspecified atom stereocenters. The summed E-state index contributed by atoms with van der Waals surface area (Å²) in [6, 6.07) is 12.0. The van der Waals surface area contributed by atoms with E-state index in [1.165, 1.54) is 6.07 Å². The maximum atomic E-state index is 14.7. The van der Waals surface area contributed by atoms with Crippen LogP contribution in [0.2, 0.25) is 0 Å². The highest BCUT2D eigenvalue weighted by molar-refractivity contribution is 7.91. The van der Waals surface area contributed by atoms with Crippen LogP contribution in [0, 0.1) is 28.9 Å². The van der Waals surface area contributed by atoms with Gasteiger partial charge in [-0.25, -0.2) is 22.2 Å². The number of oxazole rings is 1. The number of benzene rings is 2. The molecular weight excluding hydrogens is 538 g/mol. The molecule has 8 nitrogen and oxygen atoms in total. The molecule has 1 N–H and O–H groups in total. The molecule has 1 saturated heterocycles. The summed E-state index contributed by atoms with van der Waals surface area (Å²) >= 11 is 0. The van der Waals surface area contributed by atoms with E-state index in [0.717, 1.165) is 30.7 Å². The van der Waals surface area contributed by atoms with E-state index in [-0.39, 0.29) is 34.8 Å². The molecule has 0 bridgehead atoms. The number of sulfone groups is 1. The van der Waals surface area contributed by atoms with Gasteiger partial charge in [0.2, 0.25) is 11.8 Å². The molecule has 1 aromatic heterocycles. The third kappa shape index (κ3) is 5.87. The lowest BCUT2D eigenvalue weighted by Gasteiger charge is -2.30. The van der Waals surface area contributed by atoms with Crippen LogP contribution in [0.5, 0.6) is 0 Å². The van der Waals surface area contributed by atoms with E-state index < -0.39 is 33.4 Å². The van der Waals surface area contributed by atoms with Crippen molar-refractivity contribution in [3.8, 4) is 28.8 Å². The van der Waals surface area contributed by atoms with Crippen LogP contribution >= 0.6 is 0 Å². The number of nitrogens with one attached hydrogen (secondary N) is 1. The van der Waals surface area contributed by atoms with Crippen molar-refractivity contribution in [2.75, 3.05) is 29.5 Å². The highest BCUT2D eigenvalue weighted by Crippen LogP contribution is 2.44. The van der Waals surface area contributed by atoms with Crippen LogP contribution < -0.4 is 10.2 Å². The summed E-state index contributed by atoms with van der Waals surface area (Å²) < 4.78 is 58.2. The highest BCUT2D eigenvalue weighted by Gasteiger charge is 2.37. The molecule has 5 rings (SSSR count). The first-order valence-electron chi connectivity index (χ1n) is 13.4. The summed E-state index contributed by atoms with van der Waals surface area (Å²) in [5.74, 6) is -1.95. The van der Waals surface area contributed by atoms with E-state index in [1.807, 2.05) is 35.2 Å². The summed E-state index contributed by atoms with van der Waals surface area (Å²) in [4.78, 5) is 19.8.